The summed E-state index contributed by atoms with van der Waals surface area (Å²) in [5, 5.41) is 3.94. The number of fused-ring (bicyclic) bond motifs is 6. The Balaban J connectivity index is 0.000000182. The van der Waals surface area contributed by atoms with E-state index in [1.807, 2.05) is 26.0 Å². The predicted octanol–water partition coefficient (Wildman–Crippen LogP) is 5.81. The number of hydrogen-bond acceptors (Lipinski definition) is 16. The number of hydrogen-bond donors (Lipinski definition) is 3. The minimum Gasteiger partial charge on any atom is -0.472 e. The van der Waals surface area contributed by atoms with Crippen molar-refractivity contribution in [3.8, 4) is 34.0 Å². The number of rotatable bonds is 7. The van der Waals surface area contributed by atoms with Crippen LogP contribution in [0.15, 0.2) is 73.8 Å². The molecule has 0 spiro atoms. The van der Waals surface area contributed by atoms with Crippen molar-refractivity contribution < 1.29 is 44.6 Å². The highest BCUT2D eigenvalue weighted by molar-refractivity contribution is 7.51. The van der Waals surface area contributed by atoms with Gasteiger partial charge in [0.1, 0.15) is 58.6 Å². The van der Waals surface area contributed by atoms with E-state index >= 15 is 0 Å². The molecule has 24 heteroatoms. The molecule has 3 N–H and O–H groups in total. The van der Waals surface area contributed by atoms with Crippen molar-refractivity contribution >= 4 is 75.2 Å². The van der Waals surface area contributed by atoms with Crippen LogP contribution in [0.2, 0.25) is 5.02 Å². The number of aryl methyl sites for hydroxylation is 2. The molecule has 4 fully saturated rings. The Morgan fingerprint density at radius 2 is 1.07 bits per heavy atom. The molecule has 4 unspecified atom stereocenters. The fraction of sp³-hybridized carbons (Fsp3) is 0.364. The van der Waals surface area contributed by atoms with Crippen LogP contribution in [-0.4, -0.2) is 122 Å². The first-order valence-electron chi connectivity index (χ1n) is 21.0. The second-order valence-electron chi connectivity index (χ2n) is 16.4. The van der Waals surface area contributed by atoms with Crippen molar-refractivity contribution in [1.29, 1.82) is 0 Å². The molecule has 9 heterocycles. The average molecular weight is 1010 g/mol. The lowest BCUT2D eigenvalue weighted by Gasteiger charge is -2.46. The van der Waals surface area contributed by atoms with Gasteiger partial charge in [-0.15, -0.1) is 12.4 Å². The van der Waals surface area contributed by atoms with E-state index in [1.165, 1.54) is 24.8 Å². The standard InChI is InChI=1S/C24H22ClFN6O2.C20H21FN4O2.ClH.2O2S/c1-13-2-3-17(19(26)4-13)18-7-27-21-20(18)30-12-31-23(21)34-22-14-8-32(9-15(22)11-33-10-14)24-28-5-16(25)6-29-24;1-11-2-3-14(16(21)4-11)15-7-23-18-17(15)24-10-25-20(18)27-19-12-5-22-6-13(19)9-26-8-12;;2*1-3-2/h2-7,12,14-15,22,27H,8-11H2,1H3;2-4,7,10,12-13,19,22-23H,5-6,8-9H2,1H3;1H;;. The average Bonchev–Trinajstić information content (AvgIpc) is 3.94. The van der Waals surface area contributed by atoms with Gasteiger partial charge >= 0.3 is 23.1 Å². The fourth-order valence-corrected chi connectivity index (χ4v) is 9.12. The van der Waals surface area contributed by atoms with E-state index in [2.05, 4.69) is 50.1 Å². The van der Waals surface area contributed by atoms with Gasteiger partial charge in [-0.25, -0.2) is 28.7 Å². The summed E-state index contributed by atoms with van der Waals surface area (Å²) in [5.41, 5.74) is 6.79. The van der Waals surface area contributed by atoms with Crippen LogP contribution in [0.5, 0.6) is 11.8 Å². The number of nitrogens with zero attached hydrogens (tertiary/aromatic N) is 7. The lowest BCUT2D eigenvalue weighted by molar-refractivity contribution is -0.0830. The molecule has 0 amide bonds. The maximum atomic E-state index is 14.6. The van der Waals surface area contributed by atoms with Crippen LogP contribution in [-0.2, 0) is 32.6 Å². The second kappa shape index (κ2) is 22.9. The molecule has 0 aliphatic carbocycles. The summed E-state index contributed by atoms with van der Waals surface area (Å²) in [7, 11) is 0. The van der Waals surface area contributed by atoms with E-state index in [1.54, 1.807) is 36.9 Å². The Morgan fingerprint density at radius 3 is 1.51 bits per heavy atom. The quantitative estimate of drug-likeness (QED) is 0.171. The summed E-state index contributed by atoms with van der Waals surface area (Å²) in [6, 6.07) is 10.4. The van der Waals surface area contributed by atoms with Crippen molar-refractivity contribution in [2.75, 3.05) is 57.5 Å². The highest BCUT2D eigenvalue weighted by Crippen LogP contribution is 2.38. The van der Waals surface area contributed by atoms with Crippen LogP contribution < -0.4 is 19.7 Å². The van der Waals surface area contributed by atoms with Gasteiger partial charge in [-0.2, -0.15) is 26.8 Å². The van der Waals surface area contributed by atoms with Gasteiger partial charge < -0.3 is 39.1 Å². The Kier molecular flexibility index (Phi) is 16.9. The number of aromatic nitrogens is 8. The van der Waals surface area contributed by atoms with Gasteiger partial charge in [0, 0.05) is 84.5 Å². The van der Waals surface area contributed by atoms with Crippen molar-refractivity contribution in [1.82, 2.24) is 45.2 Å². The van der Waals surface area contributed by atoms with E-state index in [-0.39, 0.29) is 48.1 Å². The van der Waals surface area contributed by atoms with Crippen LogP contribution in [0.4, 0.5) is 14.7 Å². The van der Waals surface area contributed by atoms with Crippen LogP contribution in [0, 0.1) is 49.2 Å². The van der Waals surface area contributed by atoms with E-state index in [9.17, 15) is 8.78 Å². The number of benzene rings is 2. The van der Waals surface area contributed by atoms with Gasteiger partial charge in [0.2, 0.25) is 17.7 Å². The van der Waals surface area contributed by atoms with Crippen molar-refractivity contribution in [3.05, 3.63) is 102 Å². The zero-order valence-electron chi connectivity index (χ0n) is 36.3. The molecule has 4 atom stereocenters. The monoisotopic (exact) mass is 1010 g/mol. The Hall–Kier alpha value is -5.88. The highest BCUT2D eigenvalue weighted by atomic mass is 35.5. The van der Waals surface area contributed by atoms with E-state index < -0.39 is 23.1 Å². The maximum absolute atomic E-state index is 14.6. The zero-order chi connectivity index (χ0) is 47.0. The molecule has 4 aliphatic heterocycles. The molecule has 4 bridgehead atoms. The van der Waals surface area contributed by atoms with E-state index in [4.69, 9.17) is 47.4 Å². The number of anilines is 1. The van der Waals surface area contributed by atoms with Gasteiger partial charge in [-0.3, -0.25) is 0 Å². The lowest BCUT2D eigenvalue weighted by atomic mass is 9.84. The maximum Gasteiger partial charge on any atom is 0.335 e. The summed E-state index contributed by atoms with van der Waals surface area (Å²) in [5.74, 6) is 1.90. The van der Waals surface area contributed by atoms with Crippen LogP contribution >= 0.6 is 24.0 Å². The largest absolute Gasteiger partial charge is 0.472 e. The number of nitrogens with one attached hydrogen (secondary N) is 3. The molecule has 68 heavy (non-hydrogen) atoms. The summed E-state index contributed by atoms with van der Waals surface area (Å²) in [4.78, 5) is 34.8. The Labute approximate surface area is 406 Å². The number of H-pyrrole nitrogens is 2. The molecule has 4 aliphatic rings. The third kappa shape index (κ3) is 11.0. The minimum absolute atomic E-state index is 0. The topological polar surface area (TPSA) is 229 Å². The van der Waals surface area contributed by atoms with Crippen molar-refractivity contribution in [2.45, 2.75) is 26.1 Å². The normalized spacial score (nSPS) is 21.3. The molecular formula is C44H44Cl2F2N10O8S2. The van der Waals surface area contributed by atoms with Gasteiger partial charge in [0.25, 0.3) is 0 Å². The summed E-state index contributed by atoms with van der Waals surface area (Å²) >= 11 is 4.44. The predicted molar refractivity (Wildman–Crippen MR) is 250 cm³/mol. The molecule has 5 aromatic heterocycles. The van der Waals surface area contributed by atoms with Gasteiger partial charge in [0.05, 0.1) is 43.8 Å². The molecule has 18 nitrogen and oxygen atoms in total. The Morgan fingerprint density at radius 1 is 0.647 bits per heavy atom. The SMILES string of the molecule is Cc1ccc(-c2c[nH]c3c(OC4C5CNCC4COC5)ncnc23)c(F)c1.Cc1ccc(-c2c[nH]c3c(OC4C5COCC4CN(c4ncc(Cl)cn4)C5)ncnc23)c(F)c1.Cl.O=S=O.O=S=O. The van der Waals surface area contributed by atoms with Crippen molar-refractivity contribution in [2.24, 2.45) is 23.7 Å². The molecule has 2 aromatic carbocycles. The van der Waals surface area contributed by atoms with Gasteiger partial charge in [-0.05, 0) is 37.1 Å². The van der Waals surface area contributed by atoms with Gasteiger partial charge in [-0.1, -0.05) is 35.9 Å². The molecule has 7 aromatic rings. The first kappa shape index (κ1) is 50.0. The summed E-state index contributed by atoms with van der Waals surface area (Å²) in [6.45, 7) is 9.40. The number of aromatic amines is 2. The molecule has 0 saturated carbocycles. The molecule has 358 valence electrons. The molecule has 0 radical (unpaired) electrons. The molecular weight excluding hydrogens is 970 g/mol. The Bertz CT molecular complexity index is 2880. The second-order valence-corrected chi connectivity index (χ2v) is 17.1. The zero-order valence-corrected chi connectivity index (χ0v) is 39.5. The van der Waals surface area contributed by atoms with Crippen LogP contribution in [0.1, 0.15) is 11.1 Å². The van der Waals surface area contributed by atoms with Crippen molar-refractivity contribution in [3.63, 3.8) is 0 Å². The van der Waals surface area contributed by atoms with Gasteiger partial charge in [0.15, 0.2) is 0 Å². The third-order valence-corrected chi connectivity index (χ3v) is 12.2. The number of ether oxygens (including phenoxy) is 4. The van der Waals surface area contributed by atoms with Crippen LogP contribution in [0.3, 0.4) is 0 Å². The summed E-state index contributed by atoms with van der Waals surface area (Å²) in [6.07, 6.45) is 9.65. The number of piperidine rings is 2. The smallest absolute Gasteiger partial charge is 0.335 e. The molecule has 4 saturated heterocycles. The third-order valence-electron chi connectivity index (χ3n) is 12.0. The molecule has 11 rings (SSSR count). The first-order valence-corrected chi connectivity index (χ1v) is 22.7. The van der Waals surface area contributed by atoms with E-state index in [0.29, 0.717) is 118 Å². The highest BCUT2D eigenvalue weighted by Gasteiger charge is 2.43. The number of halogens is 4. The lowest BCUT2D eigenvalue weighted by Crippen LogP contribution is -2.58. The summed E-state index contributed by atoms with van der Waals surface area (Å²) < 4.78 is 86.6. The first-order chi connectivity index (χ1) is 32.6. The van der Waals surface area contributed by atoms with Crippen LogP contribution in [0.25, 0.3) is 44.3 Å². The van der Waals surface area contributed by atoms with E-state index in [0.717, 1.165) is 24.2 Å². The fourth-order valence-electron chi connectivity index (χ4n) is 9.02. The minimum atomic E-state index is -0.750.